The Kier molecular flexibility index (Phi) is 8.83. The molecule has 166 valence electrons. The van der Waals surface area contributed by atoms with Gasteiger partial charge in [0.05, 0.1) is 7.11 Å². The Balaban J connectivity index is 1.49. The van der Waals surface area contributed by atoms with Crippen LogP contribution in [0.4, 0.5) is 0 Å². The highest BCUT2D eigenvalue weighted by molar-refractivity contribution is 7.99. The highest BCUT2D eigenvalue weighted by Gasteiger charge is 2.29. The topological polar surface area (TPSA) is 49.9 Å². The number of rotatable bonds is 9. The number of benzene rings is 2. The summed E-state index contributed by atoms with van der Waals surface area (Å²) in [7, 11) is 1.66. The summed E-state index contributed by atoms with van der Waals surface area (Å²) in [5.74, 6) is 1.90. The summed E-state index contributed by atoms with van der Waals surface area (Å²) in [6.07, 6.45) is 3.16. The second-order valence-electron chi connectivity index (χ2n) is 7.75. The molecule has 1 aliphatic rings. The van der Waals surface area contributed by atoms with Gasteiger partial charge in [0.25, 0.3) is 5.91 Å². The molecule has 3 rings (SSSR count). The molecule has 0 saturated carbocycles. The molecule has 0 atom stereocenters. The van der Waals surface area contributed by atoms with E-state index in [0.717, 1.165) is 47.8 Å². The molecule has 1 heterocycles. The molecular formula is C25H32N2O3S. The van der Waals surface area contributed by atoms with Crippen LogP contribution in [0.25, 0.3) is 0 Å². The van der Waals surface area contributed by atoms with E-state index < -0.39 is 0 Å². The fraction of sp³-hybridized carbons (Fsp3) is 0.440. The summed E-state index contributed by atoms with van der Waals surface area (Å²) in [6, 6.07) is 17.6. The van der Waals surface area contributed by atoms with Crippen LogP contribution in [-0.2, 0) is 4.79 Å². The maximum Gasteiger partial charge on any atom is 0.253 e. The van der Waals surface area contributed by atoms with Gasteiger partial charge in [0, 0.05) is 48.3 Å². The van der Waals surface area contributed by atoms with Crippen LogP contribution in [0.2, 0.25) is 0 Å². The SMILES string of the molecule is CCCN(C(=O)CCSc1ccc(OC)cc1)C1CCN(C(=O)c2ccccc2)CC1. The van der Waals surface area contributed by atoms with Crippen molar-refractivity contribution in [2.45, 2.75) is 43.5 Å². The van der Waals surface area contributed by atoms with Crippen LogP contribution < -0.4 is 4.74 Å². The van der Waals surface area contributed by atoms with Crippen molar-refractivity contribution >= 4 is 23.6 Å². The number of piperidine rings is 1. The van der Waals surface area contributed by atoms with Crippen molar-refractivity contribution in [3.8, 4) is 5.75 Å². The normalized spacial score (nSPS) is 14.3. The fourth-order valence-corrected chi connectivity index (χ4v) is 4.81. The first-order valence-electron chi connectivity index (χ1n) is 11.0. The molecule has 5 nitrogen and oxygen atoms in total. The van der Waals surface area contributed by atoms with Gasteiger partial charge >= 0.3 is 0 Å². The molecule has 1 aliphatic heterocycles. The Labute approximate surface area is 189 Å². The highest BCUT2D eigenvalue weighted by Crippen LogP contribution is 2.24. The lowest BCUT2D eigenvalue weighted by Crippen LogP contribution is -2.49. The van der Waals surface area contributed by atoms with Crippen molar-refractivity contribution < 1.29 is 14.3 Å². The Morgan fingerprint density at radius 2 is 1.74 bits per heavy atom. The van der Waals surface area contributed by atoms with Gasteiger partial charge in [-0.05, 0) is 55.7 Å². The number of likely N-dealkylation sites (tertiary alicyclic amines) is 1. The van der Waals surface area contributed by atoms with Gasteiger partial charge in [0.1, 0.15) is 5.75 Å². The Morgan fingerprint density at radius 3 is 2.35 bits per heavy atom. The van der Waals surface area contributed by atoms with Gasteiger partial charge in [-0.3, -0.25) is 9.59 Å². The van der Waals surface area contributed by atoms with Crippen LogP contribution in [0.15, 0.2) is 59.5 Å². The Morgan fingerprint density at radius 1 is 1.06 bits per heavy atom. The molecular weight excluding hydrogens is 408 g/mol. The predicted molar refractivity (Wildman–Crippen MR) is 126 cm³/mol. The fourth-order valence-electron chi connectivity index (χ4n) is 3.97. The molecule has 6 heteroatoms. The smallest absolute Gasteiger partial charge is 0.253 e. The number of carbonyl (C=O) groups excluding carboxylic acids is 2. The molecule has 0 N–H and O–H groups in total. The lowest BCUT2D eigenvalue weighted by Gasteiger charge is -2.38. The van der Waals surface area contributed by atoms with E-state index in [2.05, 4.69) is 11.8 Å². The number of ether oxygens (including phenoxy) is 1. The minimum Gasteiger partial charge on any atom is -0.497 e. The lowest BCUT2D eigenvalue weighted by molar-refractivity contribution is -0.134. The van der Waals surface area contributed by atoms with Crippen LogP contribution in [0.5, 0.6) is 5.75 Å². The van der Waals surface area contributed by atoms with Crippen LogP contribution >= 0.6 is 11.8 Å². The standard InChI is InChI=1S/C25H32N2O3S/c1-3-16-27(24(28)15-19-31-23-11-9-22(30-2)10-12-23)21-13-17-26(18-14-21)25(29)20-7-5-4-6-8-20/h4-12,21H,3,13-19H2,1-2H3. The minimum absolute atomic E-state index is 0.0864. The van der Waals surface area contributed by atoms with Crippen LogP contribution in [0, 0.1) is 0 Å². The third-order valence-corrected chi connectivity index (χ3v) is 6.66. The minimum atomic E-state index is 0.0864. The largest absolute Gasteiger partial charge is 0.497 e. The molecule has 1 saturated heterocycles. The summed E-state index contributed by atoms with van der Waals surface area (Å²) < 4.78 is 5.19. The quantitative estimate of drug-likeness (QED) is 0.530. The molecule has 31 heavy (non-hydrogen) atoms. The first-order valence-corrected chi connectivity index (χ1v) is 12.0. The van der Waals surface area contributed by atoms with E-state index in [1.807, 2.05) is 59.5 Å². The second kappa shape index (κ2) is 11.8. The molecule has 2 aromatic rings. The highest BCUT2D eigenvalue weighted by atomic mass is 32.2. The first kappa shape index (κ1) is 23.2. The summed E-state index contributed by atoms with van der Waals surface area (Å²) >= 11 is 1.70. The van der Waals surface area contributed by atoms with E-state index in [9.17, 15) is 9.59 Å². The van der Waals surface area contributed by atoms with E-state index in [1.54, 1.807) is 18.9 Å². The number of nitrogens with zero attached hydrogens (tertiary/aromatic N) is 2. The molecule has 0 spiro atoms. The van der Waals surface area contributed by atoms with Crippen molar-refractivity contribution in [1.82, 2.24) is 9.80 Å². The zero-order valence-corrected chi connectivity index (χ0v) is 19.3. The molecule has 0 bridgehead atoms. The van der Waals surface area contributed by atoms with E-state index in [1.165, 1.54) is 0 Å². The van der Waals surface area contributed by atoms with Gasteiger partial charge in [0.2, 0.25) is 5.91 Å². The molecule has 1 fully saturated rings. The molecule has 2 amide bonds. The van der Waals surface area contributed by atoms with E-state index >= 15 is 0 Å². The number of thioether (sulfide) groups is 1. The van der Waals surface area contributed by atoms with E-state index in [4.69, 9.17) is 4.74 Å². The third-order valence-electron chi connectivity index (χ3n) is 5.64. The maximum atomic E-state index is 13.0. The van der Waals surface area contributed by atoms with Crippen molar-refractivity contribution in [2.75, 3.05) is 32.5 Å². The molecule has 0 unspecified atom stereocenters. The Hall–Kier alpha value is -2.47. The number of hydrogen-bond acceptors (Lipinski definition) is 4. The summed E-state index contributed by atoms with van der Waals surface area (Å²) in [4.78, 5) is 30.8. The zero-order valence-electron chi connectivity index (χ0n) is 18.5. The monoisotopic (exact) mass is 440 g/mol. The van der Waals surface area contributed by atoms with Gasteiger partial charge in [-0.25, -0.2) is 0 Å². The maximum absolute atomic E-state index is 13.0. The average Bonchev–Trinajstić information content (AvgIpc) is 2.83. The molecule has 0 aliphatic carbocycles. The van der Waals surface area contributed by atoms with Gasteiger partial charge in [-0.2, -0.15) is 0 Å². The number of carbonyl (C=O) groups is 2. The van der Waals surface area contributed by atoms with Crippen molar-refractivity contribution in [3.05, 3.63) is 60.2 Å². The Bertz CT molecular complexity index is 834. The van der Waals surface area contributed by atoms with Crippen LogP contribution in [0.3, 0.4) is 0 Å². The van der Waals surface area contributed by atoms with Gasteiger partial charge < -0.3 is 14.5 Å². The number of hydrogen-bond donors (Lipinski definition) is 0. The van der Waals surface area contributed by atoms with E-state index in [0.29, 0.717) is 19.5 Å². The van der Waals surface area contributed by atoms with Gasteiger partial charge in [-0.15, -0.1) is 11.8 Å². The molecule has 0 aromatic heterocycles. The lowest BCUT2D eigenvalue weighted by atomic mass is 10.0. The second-order valence-corrected chi connectivity index (χ2v) is 8.92. The average molecular weight is 441 g/mol. The summed E-state index contributed by atoms with van der Waals surface area (Å²) in [5, 5.41) is 0. The van der Waals surface area contributed by atoms with Crippen molar-refractivity contribution in [1.29, 1.82) is 0 Å². The number of amides is 2. The first-order chi connectivity index (χ1) is 15.1. The van der Waals surface area contributed by atoms with Crippen molar-refractivity contribution in [2.24, 2.45) is 0 Å². The van der Waals surface area contributed by atoms with Crippen molar-refractivity contribution in [3.63, 3.8) is 0 Å². The van der Waals surface area contributed by atoms with Gasteiger partial charge in [-0.1, -0.05) is 25.1 Å². The summed E-state index contributed by atoms with van der Waals surface area (Å²) in [6.45, 7) is 4.29. The molecule has 0 radical (unpaired) electrons. The summed E-state index contributed by atoms with van der Waals surface area (Å²) in [5.41, 5.74) is 0.734. The predicted octanol–water partition coefficient (Wildman–Crippen LogP) is 4.72. The molecule has 2 aromatic carbocycles. The number of methoxy groups -OCH3 is 1. The third kappa shape index (κ3) is 6.50. The van der Waals surface area contributed by atoms with Crippen LogP contribution in [-0.4, -0.2) is 60.2 Å². The van der Waals surface area contributed by atoms with Crippen LogP contribution in [0.1, 0.15) is 43.0 Å². The van der Waals surface area contributed by atoms with E-state index in [-0.39, 0.29) is 17.9 Å². The van der Waals surface area contributed by atoms with Gasteiger partial charge in [0.15, 0.2) is 0 Å². The zero-order chi connectivity index (χ0) is 22.1.